The Balaban J connectivity index is 1.94. The van der Waals surface area contributed by atoms with Gasteiger partial charge in [-0.1, -0.05) is 42.5 Å². The summed E-state index contributed by atoms with van der Waals surface area (Å²) in [5, 5.41) is 1.98. The van der Waals surface area contributed by atoms with Gasteiger partial charge in [-0.25, -0.2) is 8.78 Å². The summed E-state index contributed by atoms with van der Waals surface area (Å²) in [5.41, 5.74) is -9.59. The van der Waals surface area contributed by atoms with Crippen molar-refractivity contribution in [3.8, 4) is 0 Å². The first-order chi connectivity index (χ1) is 18.4. The number of carbonyl (C=O) groups is 1. The van der Waals surface area contributed by atoms with Crippen LogP contribution >= 0.6 is 0 Å². The lowest BCUT2D eigenvalue weighted by Gasteiger charge is -2.37. The van der Waals surface area contributed by atoms with Crippen molar-refractivity contribution >= 4 is 5.91 Å². The molecule has 0 spiro atoms. The summed E-state index contributed by atoms with van der Waals surface area (Å²) < 4.78 is 154. The molecule has 1 aliphatic heterocycles. The van der Waals surface area contributed by atoms with E-state index >= 15 is 0 Å². The molecule has 1 fully saturated rings. The average molecular weight is 583 g/mol. The number of amides is 1. The molecule has 0 aliphatic carbocycles. The van der Waals surface area contributed by atoms with E-state index < -0.39 is 70.9 Å². The molecule has 0 radical (unpaired) electrons. The first kappa shape index (κ1) is 29.3. The third-order valence-corrected chi connectivity index (χ3v) is 6.40. The van der Waals surface area contributed by atoms with Gasteiger partial charge < -0.3 is 10.1 Å². The van der Waals surface area contributed by atoms with Crippen molar-refractivity contribution in [3.63, 3.8) is 0 Å². The van der Waals surface area contributed by atoms with Gasteiger partial charge in [0, 0.05) is 6.42 Å². The largest absolute Gasteiger partial charge is 0.429 e. The standard InChI is InChI=1S/C26H16F11NO2/c27-18-8-6-15(7-9-18)22(13-14-4-2-1-3-5-14,16-10-17(24(29,30)31)12-19(28)11-16)38-21(39)20-23(40-20,25(32,33)34)26(35,36)37/h1-12,20H,13H2,(H,38,39)/t20-,22-/m1/s1. The Hall–Kier alpha value is -3.68. The Kier molecular flexibility index (Phi) is 7.14. The van der Waals surface area contributed by atoms with Gasteiger partial charge in [0.25, 0.3) is 11.5 Å². The van der Waals surface area contributed by atoms with Crippen LogP contribution in [0.4, 0.5) is 48.3 Å². The Morgan fingerprint density at radius 3 is 1.77 bits per heavy atom. The Morgan fingerprint density at radius 1 is 0.725 bits per heavy atom. The maximum atomic E-state index is 14.6. The first-order valence-corrected chi connectivity index (χ1v) is 11.2. The van der Waals surface area contributed by atoms with E-state index in [4.69, 9.17) is 0 Å². The number of nitrogens with one attached hydrogen (secondary N) is 1. The molecule has 1 N–H and O–H groups in total. The van der Waals surface area contributed by atoms with Gasteiger partial charge >= 0.3 is 18.5 Å². The first-order valence-electron chi connectivity index (χ1n) is 11.2. The van der Waals surface area contributed by atoms with Crippen LogP contribution in [0.5, 0.6) is 0 Å². The van der Waals surface area contributed by atoms with E-state index in [-0.39, 0.29) is 17.2 Å². The molecule has 1 amide bonds. The number of hydrogen-bond acceptors (Lipinski definition) is 2. The minimum atomic E-state index is -6.09. The van der Waals surface area contributed by atoms with Crippen molar-refractivity contribution in [3.05, 3.63) is 107 Å². The molecule has 214 valence electrons. The summed E-state index contributed by atoms with van der Waals surface area (Å²) in [7, 11) is 0. The van der Waals surface area contributed by atoms with Gasteiger partial charge in [-0.2, -0.15) is 39.5 Å². The molecule has 14 heteroatoms. The van der Waals surface area contributed by atoms with Crippen LogP contribution in [0.2, 0.25) is 0 Å². The number of ether oxygens (including phenoxy) is 1. The topological polar surface area (TPSA) is 41.6 Å². The molecule has 2 atom stereocenters. The maximum absolute atomic E-state index is 14.6. The fraction of sp³-hybridized carbons (Fsp3) is 0.269. The van der Waals surface area contributed by atoms with Crippen LogP contribution in [0.25, 0.3) is 0 Å². The minimum Gasteiger partial charge on any atom is -0.340 e. The summed E-state index contributed by atoms with van der Waals surface area (Å²) in [6.45, 7) is 0. The third-order valence-electron chi connectivity index (χ3n) is 6.40. The summed E-state index contributed by atoms with van der Waals surface area (Å²) in [6.07, 6.45) is -21.1. The zero-order valence-electron chi connectivity index (χ0n) is 19.7. The van der Waals surface area contributed by atoms with Gasteiger partial charge in [-0.3, -0.25) is 4.79 Å². The fourth-order valence-corrected chi connectivity index (χ4v) is 4.45. The van der Waals surface area contributed by atoms with Crippen molar-refractivity contribution < 1.29 is 57.8 Å². The lowest BCUT2D eigenvalue weighted by atomic mass is 9.77. The minimum absolute atomic E-state index is 0.117. The molecule has 1 aliphatic rings. The van der Waals surface area contributed by atoms with E-state index in [0.29, 0.717) is 12.1 Å². The third kappa shape index (κ3) is 5.23. The SMILES string of the molecule is O=C(N[C@](Cc1ccccc1)(c1ccc(F)cc1)c1cc(F)cc(C(F)(F)F)c1)[C@H]1OC1(C(F)(F)F)C(F)(F)F. The molecule has 3 aromatic rings. The quantitative estimate of drug-likeness (QED) is 0.255. The molecule has 1 heterocycles. The molecular weight excluding hydrogens is 567 g/mol. The number of epoxide rings is 1. The number of benzene rings is 3. The Morgan fingerprint density at radius 2 is 1.27 bits per heavy atom. The van der Waals surface area contributed by atoms with Gasteiger partial charge in [0.05, 0.1) is 11.1 Å². The van der Waals surface area contributed by atoms with Crippen molar-refractivity contribution in [1.82, 2.24) is 5.32 Å². The summed E-state index contributed by atoms with van der Waals surface area (Å²) in [6, 6.07) is 11.8. The van der Waals surface area contributed by atoms with Gasteiger partial charge in [-0.15, -0.1) is 0 Å². The highest BCUT2D eigenvalue weighted by Crippen LogP contribution is 2.59. The number of alkyl halides is 9. The molecular formula is C26H16F11NO2. The molecule has 3 aromatic carbocycles. The van der Waals surface area contributed by atoms with E-state index in [0.717, 1.165) is 24.3 Å². The van der Waals surface area contributed by atoms with Crippen LogP contribution in [0.1, 0.15) is 22.3 Å². The second-order valence-corrected chi connectivity index (χ2v) is 9.02. The van der Waals surface area contributed by atoms with Crippen LogP contribution in [0.15, 0.2) is 72.8 Å². The van der Waals surface area contributed by atoms with Crippen molar-refractivity contribution in [2.75, 3.05) is 0 Å². The number of carbonyl (C=O) groups excluding carboxylic acids is 1. The number of rotatable bonds is 6. The molecule has 0 aromatic heterocycles. The fourth-order valence-electron chi connectivity index (χ4n) is 4.45. The lowest BCUT2D eigenvalue weighted by molar-refractivity contribution is -0.292. The van der Waals surface area contributed by atoms with Gasteiger partial charge in [0.2, 0.25) is 0 Å². The average Bonchev–Trinajstić information content (AvgIpc) is 3.62. The predicted molar refractivity (Wildman–Crippen MR) is 117 cm³/mol. The van der Waals surface area contributed by atoms with E-state index in [2.05, 4.69) is 4.74 Å². The Bertz CT molecular complexity index is 1370. The highest BCUT2D eigenvalue weighted by molar-refractivity contribution is 5.87. The monoisotopic (exact) mass is 583 g/mol. The smallest absolute Gasteiger partial charge is 0.340 e. The van der Waals surface area contributed by atoms with Crippen LogP contribution in [0, 0.1) is 11.6 Å². The van der Waals surface area contributed by atoms with Crippen LogP contribution in [-0.2, 0) is 27.7 Å². The van der Waals surface area contributed by atoms with E-state index in [1.54, 1.807) is 0 Å². The molecule has 40 heavy (non-hydrogen) atoms. The van der Waals surface area contributed by atoms with Gasteiger partial charge in [0.15, 0.2) is 6.10 Å². The normalized spacial score (nSPS) is 18.6. The predicted octanol–water partition coefficient (Wildman–Crippen LogP) is 6.85. The second-order valence-electron chi connectivity index (χ2n) is 9.02. The zero-order chi connectivity index (χ0) is 29.7. The van der Waals surface area contributed by atoms with Crippen molar-refractivity contribution in [2.24, 2.45) is 0 Å². The summed E-state index contributed by atoms with van der Waals surface area (Å²) in [5.74, 6) is -4.33. The maximum Gasteiger partial charge on any atom is 0.429 e. The van der Waals surface area contributed by atoms with Crippen LogP contribution in [0.3, 0.4) is 0 Å². The summed E-state index contributed by atoms with van der Waals surface area (Å²) in [4.78, 5) is 13.1. The lowest BCUT2D eigenvalue weighted by Crippen LogP contribution is -2.55. The van der Waals surface area contributed by atoms with Crippen LogP contribution < -0.4 is 5.32 Å². The molecule has 0 unspecified atom stereocenters. The molecule has 3 nitrogen and oxygen atoms in total. The number of hydrogen-bond donors (Lipinski definition) is 1. The molecule has 1 saturated heterocycles. The van der Waals surface area contributed by atoms with E-state index in [1.807, 2.05) is 5.32 Å². The summed E-state index contributed by atoms with van der Waals surface area (Å²) >= 11 is 0. The van der Waals surface area contributed by atoms with E-state index in [9.17, 15) is 53.1 Å². The van der Waals surface area contributed by atoms with Gasteiger partial charge in [-0.05, 0) is 47.0 Å². The zero-order valence-corrected chi connectivity index (χ0v) is 19.7. The van der Waals surface area contributed by atoms with Crippen molar-refractivity contribution in [2.45, 2.75) is 42.2 Å². The second kappa shape index (κ2) is 9.75. The molecule has 0 bridgehead atoms. The molecule has 0 saturated carbocycles. The Labute approximate surface area is 218 Å². The molecule has 4 rings (SSSR count). The van der Waals surface area contributed by atoms with Crippen molar-refractivity contribution in [1.29, 1.82) is 0 Å². The highest BCUT2D eigenvalue weighted by Gasteiger charge is 2.88. The van der Waals surface area contributed by atoms with E-state index in [1.165, 1.54) is 30.3 Å². The van der Waals surface area contributed by atoms with Crippen LogP contribution in [-0.4, -0.2) is 30.0 Å². The number of halogens is 11. The van der Waals surface area contributed by atoms with Gasteiger partial charge in [0.1, 0.15) is 11.6 Å². The highest BCUT2D eigenvalue weighted by atomic mass is 19.4.